The van der Waals surface area contributed by atoms with Gasteiger partial charge in [0.1, 0.15) is 0 Å². The lowest BCUT2D eigenvalue weighted by Crippen LogP contribution is -2.38. The number of benzene rings is 1. The molecule has 128 valence electrons. The fraction of sp³-hybridized carbons (Fsp3) is 0.533. The van der Waals surface area contributed by atoms with Gasteiger partial charge in [-0.2, -0.15) is 0 Å². The van der Waals surface area contributed by atoms with E-state index in [1.165, 1.54) is 19.2 Å². The Morgan fingerprint density at radius 1 is 1.43 bits per heavy atom. The van der Waals surface area contributed by atoms with Gasteiger partial charge in [0.15, 0.2) is 0 Å². The number of hydrogen-bond acceptors (Lipinski definition) is 5. The molecule has 7 nitrogen and oxygen atoms in total. The SMILES string of the molecule is COCCNS(=O)(=O)c1cccc(C(=O)NCC(N)C2CC2)c1. The van der Waals surface area contributed by atoms with Gasteiger partial charge in [0.05, 0.1) is 11.5 Å². The maximum Gasteiger partial charge on any atom is 0.251 e. The molecule has 1 aromatic rings. The van der Waals surface area contributed by atoms with Crippen LogP contribution in [0.1, 0.15) is 23.2 Å². The van der Waals surface area contributed by atoms with Crippen molar-refractivity contribution >= 4 is 15.9 Å². The molecule has 1 fully saturated rings. The first-order valence-corrected chi connectivity index (χ1v) is 9.05. The van der Waals surface area contributed by atoms with Crippen LogP contribution < -0.4 is 15.8 Å². The second-order valence-corrected chi connectivity index (χ2v) is 7.40. The average molecular weight is 341 g/mol. The van der Waals surface area contributed by atoms with Crippen LogP contribution in [0.4, 0.5) is 0 Å². The van der Waals surface area contributed by atoms with E-state index in [9.17, 15) is 13.2 Å². The lowest BCUT2D eigenvalue weighted by molar-refractivity contribution is 0.0950. The molecule has 2 rings (SSSR count). The van der Waals surface area contributed by atoms with E-state index in [0.29, 0.717) is 18.0 Å². The van der Waals surface area contributed by atoms with Crippen LogP contribution in [-0.2, 0) is 14.8 Å². The molecular weight excluding hydrogens is 318 g/mol. The molecule has 1 aliphatic carbocycles. The first kappa shape index (κ1) is 17.9. The Balaban J connectivity index is 1.99. The summed E-state index contributed by atoms with van der Waals surface area (Å²) in [5.41, 5.74) is 6.23. The van der Waals surface area contributed by atoms with Gasteiger partial charge in [-0.25, -0.2) is 13.1 Å². The van der Waals surface area contributed by atoms with Crippen molar-refractivity contribution in [2.45, 2.75) is 23.8 Å². The molecule has 1 amide bonds. The normalized spacial score (nSPS) is 16.1. The maximum atomic E-state index is 12.1. The molecule has 0 aromatic heterocycles. The Kier molecular flexibility index (Phi) is 6.11. The zero-order valence-electron chi connectivity index (χ0n) is 13.1. The summed E-state index contributed by atoms with van der Waals surface area (Å²) in [6.07, 6.45) is 2.22. The maximum absolute atomic E-state index is 12.1. The highest BCUT2D eigenvalue weighted by atomic mass is 32.2. The van der Waals surface area contributed by atoms with E-state index in [1.807, 2.05) is 0 Å². The van der Waals surface area contributed by atoms with Gasteiger partial charge in [-0.15, -0.1) is 0 Å². The van der Waals surface area contributed by atoms with Gasteiger partial charge < -0.3 is 15.8 Å². The molecule has 1 aromatic carbocycles. The first-order chi connectivity index (χ1) is 10.9. The zero-order chi connectivity index (χ0) is 16.9. The van der Waals surface area contributed by atoms with E-state index in [4.69, 9.17) is 10.5 Å². The minimum atomic E-state index is -3.66. The van der Waals surface area contributed by atoms with Crippen LogP contribution in [0.5, 0.6) is 0 Å². The Morgan fingerprint density at radius 3 is 2.83 bits per heavy atom. The number of carbonyl (C=O) groups is 1. The molecule has 8 heteroatoms. The van der Waals surface area contributed by atoms with Gasteiger partial charge in [-0.05, 0) is 37.0 Å². The quantitative estimate of drug-likeness (QED) is 0.551. The number of amides is 1. The van der Waals surface area contributed by atoms with E-state index in [2.05, 4.69) is 10.0 Å². The average Bonchev–Trinajstić information content (AvgIpc) is 3.37. The lowest BCUT2D eigenvalue weighted by Gasteiger charge is -2.12. The molecule has 1 aliphatic rings. The number of methoxy groups -OCH3 is 1. The highest BCUT2D eigenvalue weighted by Crippen LogP contribution is 2.31. The highest BCUT2D eigenvalue weighted by Gasteiger charge is 2.28. The number of nitrogens with one attached hydrogen (secondary N) is 2. The summed E-state index contributed by atoms with van der Waals surface area (Å²) in [4.78, 5) is 12.2. The second-order valence-electron chi connectivity index (χ2n) is 5.63. The van der Waals surface area contributed by atoms with Crippen molar-refractivity contribution in [2.75, 3.05) is 26.8 Å². The summed E-state index contributed by atoms with van der Waals surface area (Å²) in [7, 11) is -2.17. The molecule has 0 saturated heterocycles. The minimum absolute atomic E-state index is 0.0402. The summed E-state index contributed by atoms with van der Waals surface area (Å²) in [5, 5.41) is 2.75. The topological polar surface area (TPSA) is 111 Å². The van der Waals surface area contributed by atoms with Crippen molar-refractivity contribution < 1.29 is 17.9 Å². The monoisotopic (exact) mass is 341 g/mol. The third kappa shape index (κ3) is 5.28. The molecule has 4 N–H and O–H groups in total. The summed E-state index contributed by atoms with van der Waals surface area (Å²) < 4.78 is 31.5. The molecule has 0 heterocycles. The van der Waals surface area contributed by atoms with Crippen LogP contribution >= 0.6 is 0 Å². The van der Waals surface area contributed by atoms with Crippen LogP contribution in [0, 0.1) is 5.92 Å². The molecule has 1 saturated carbocycles. The van der Waals surface area contributed by atoms with Crippen molar-refractivity contribution in [2.24, 2.45) is 11.7 Å². The van der Waals surface area contributed by atoms with Crippen molar-refractivity contribution in [1.82, 2.24) is 10.0 Å². The zero-order valence-corrected chi connectivity index (χ0v) is 13.9. The number of ether oxygens (including phenoxy) is 1. The number of sulfonamides is 1. The molecule has 1 unspecified atom stereocenters. The predicted molar refractivity (Wildman–Crippen MR) is 86.5 cm³/mol. The smallest absolute Gasteiger partial charge is 0.251 e. The lowest BCUT2D eigenvalue weighted by atomic mass is 10.2. The fourth-order valence-electron chi connectivity index (χ4n) is 2.17. The first-order valence-electron chi connectivity index (χ1n) is 7.56. The Morgan fingerprint density at radius 2 is 2.17 bits per heavy atom. The number of carbonyl (C=O) groups excluding carboxylic acids is 1. The molecule has 0 spiro atoms. The van der Waals surface area contributed by atoms with Gasteiger partial charge in [-0.1, -0.05) is 6.07 Å². The van der Waals surface area contributed by atoms with Crippen LogP contribution in [-0.4, -0.2) is 47.2 Å². The standard InChI is InChI=1S/C15H23N3O4S/c1-22-8-7-18-23(20,21)13-4-2-3-12(9-13)15(19)17-10-14(16)11-5-6-11/h2-4,9,11,14,18H,5-8,10,16H2,1H3,(H,17,19). The Labute approximate surface area is 136 Å². The van der Waals surface area contributed by atoms with Crippen LogP contribution in [0.2, 0.25) is 0 Å². The third-order valence-electron chi connectivity index (χ3n) is 3.73. The third-order valence-corrected chi connectivity index (χ3v) is 5.19. The Hall–Kier alpha value is -1.48. The second kappa shape index (κ2) is 7.87. The Bertz CT molecular complexity index is 644. The van der Waals surface area contributed by atoms with Crippen LogP contribution in [0.15, 0.2) is 29.2 Å². The molecule has 0 aliphatic heterocycles. The fourth-order valence-corrected chi connectivity index (χ4v) is 3.23. The van der Waals surface area contributed by atoms with Crippen molar-refractivity contribution in [3.63, 3.8) is 0 Å². The van der Waals surface area contributed by atoms with Crippen LogP contribution in [0.25, 0.3) is 0 Å². The highest BCUT2D eigenvalue weighted by molar-refractivity contribution is 7.89. The number of nitrogens with two attached hydrogens (primary N) is 1. The summed E-state index contributed by atoms with van der Waals surface area (Å²) in [6, 6.07) is 5.88. The summed E-state index contributed by atoms with van der Waals surface area (Å²) in [5.74, 6) is 0.169. The molecular formula is C15H23N3O4S. The largest absolute Gasteiger partial charge is 0.383 e. The minimum Gasteiger partial charge on any atom is -0.383 e. The van der Waals surface area contributed by atoms with Gasteiger partial charge in [-0.3, -0.25) is 4.79 Å². The van der Waals surface area contributed by atoms with E-state index < -0.39 is 10.0 Å². The van der Waals surface area contributed by atoms with E-state index >= 15 is 0 Å². The number of rotatable bonds is 9. The van der Waals surface area contributed by atoms with Gasteiger partial charge in [0.2, 0.25) is 10.0 Å². The van der Waals surface area contributed by atoms with Gasteiger partial charge in [0, 0.05) is 31.8 Å². The van der Waals surface area contributed by atoms with Crippen molar-refractivity contribution in [3.05, 3.63) is 29.8 Å². The van der Waals surface area contributed by atoms with Crippen molar-refractivity contribution in [3.8, 4) is 0 Å². The predicted octanol–water partition coefficient (Wildman–Crippen LogP) is 0.0784. The van der Waals surface area contributed by atoms with E-state index in [1.54, 1.807) is 12.1 Å². The molecule has 0 bridgehead atoms. The summed E-state index contributed by atoms with van der Waals surface area (Å²) in [6.45, 7) is 0.844. The number of hydrogen-bond donors (Lipinski definition) is 3. The van der Waals surface area contributed by atoms with Gasteiger partial charge in [0.25, 0.3) is 5.91 Å². The molecule has 0 radical (unpaired) electrons. The van der Waals surface area contributed by atoms with Crippen LogP contribution in [0.3, 0.4) is 0 Å². The van der Waals surface area contributed by atoms with E-state index in [0.717, 1.165) is 12.8 Å². The summed E-state index contributed by atoms with van der Waals surface area (Å²) >= 11 is 0. The molecule has 1 atom stereocenters. The van der Waals surface area contributed by atoms with E-state index in [-0.39, 0.29) is 30.0 Å². The van der Waals surface area contributed by atoms with Crippen molar-refractivity contribution in [1.29, 1.82) is 0 Å². The molecule has 23 heavy (non-hydrogen) atoms. The van der Waals surface area contributed by atoms with Gasteiger partial charge >= 0.3 is 0 Å².